The van der Waals surface area contributed by atoms with E-state index < -0.39 is 34.8 Å². The van der Waals surface area contributed by atoms with Crippen LogP contribution in [0.1, 0.15) is 6.42 Å². The van der Waals surface area contributed by atoms with Gasteiger partial charge in [0.2, 0.25) is 0 Å². The van der Waals surface area contributed by atoms with Gasteiger partial charge in [-0.05, 0) is 0 Å². The van der Waals surface area contributed by atoms with Gasteiger partial charge in [-0.1, -0.05) is 11.2 Å². The van der Waals surface area contributed by atoms with Crippen molar-refractivity contribution in [1.29, 1.82) is 0 Å². The number of aliphatic carboxylic acids is 1. The molecule has 1 unspecified atom stereocenters. The molecule has 0 fully saturated rings. The molecule has 0 aliphatic heterocycles. The molecule has 0 saturated carbocycles. The fraction of sp³-hybridized carbons (Fsp3) is 0.800. The Balaban J connectivity index is 0. The number of carboxylic acid groups (broad SMARTS) is 1. The number of nitrogens with two attached hydrogens (primary N) is 1. The summed E-state index contributed by atoms with van der Waals surface area (Å²) < 4.78 is 27.0. The van der Waals surface area contributed by atoms with E-state index in [0.717, 1.165) is 0 Å². The molecule has 13 heavy (non-hydrogen) atoms. The van der Waals surface area contributed by atoms with Crippen LogP contribution in [0.2, 0.25) is 0 Å². The zero-order valence-corrected chi connectivity index (χ0v) is 8.60. The van der Waals surface area contributed by atoms with Crippen molar-refractivity contribution in [2.75, 3.05) is 12.0 Å². The third-order valence-corrected chi connectivity index (χ3v) is 1.84. The maximum absolute atomic E-state index is 10.4. The summed E-state index contributed by atoms with van der Waals surface area (Å²) in [4.78, 5) is 10.1. The number of carboxylic acids is 1. The average molecular weight is 229 g/mol. The van der Waals surface area contributed by atoms with Gasteiger partial charge in [-0.15, -0.1) is 0 Å². The zero-order valence-electron chi connectivity index (χ0n) is 6.97. The highest BCUT2D eigenvalue weighted by Gasteiger charge is 2.12. The fourth-order valence-corrected chi connectivity index (χ4v) is 1.00. The monoisotopic (exact) mass is 229 g/mol. The molecule has 8 heteroatoms. The lowest BCUT2D eigenvalue weighted by molar-refractivity contribution is -0.138. The van der Waals surface area contributed by atoms with Crippen LogP contribution in [0.4, 0.5) is 0 Å². The van der Waals surface area contributed by atoms with Crippen LogP contribution in [0, 0.1) is 0 Å². The zero-order chi connectivity index (χ0) is 10.9. The van der Waals surface area contributed by atoms with Gasteiger partial charge in [-0.3, -0.25) is 4.79 Å². The molecule has 6 nitrogen and oxygen atoms in total. The van der Waals surface area contributed by atoms with Crippen molar-refractivity contribution in [2.24, 2.45) is 5.73 Å². The Morgan fingerprint density at radius 1 is 1.69 bits per heavy atom. The molecular weight excluding hydrogens is 218 g/mol. The van der Waals surface area contributed by atoms with Crippen LogP contribution in [-0.4, -0.2) is 42.1 Å². The molecule has 0 heterocycles. The second-order valence-electron chi connectivity index (χ2n) is 2.08. The standard InChI is InChI=1S/C5H11NO3S.O2S/c1-10(9)3-2-4(6)5(7)8;1-3-2/h4H,2-3,6H2,1H3,(H,7,8);/t4-,10?;/m0./s1. The van der Waals surface area contributed by atoms with Crippen molar-refractivity contribution < 1.29 is 22.9 Å². The first-order chi connectivity index (χ1) is 5.95. The molecule has 3 N–H and O–H groups in total. The van der Waals surface area contributed by atoms with E-state index >= 15 is 0 Å². The Hall–Kier alpha value is -0.440. The Morgan fingerprint density at radius 3 is 2.31 bits per heavy atom. The second-order valence-corrected chi connectivity index (χ2v) is 3.77. The molecule has 0 rings (SSSR count). The Bertz CT molecular complexity index is 180. The molecule has 0 radical (unpaired) electrons. The van der Waals surface area contributed by atoms with Gasteiger partial charge in [0.15, 0.2) is 0 Å². The minimum atomic E-state index is -1.04. The maximum atomic E-state index is 10.4. The highest BCUT2D eigenvalue weighted by Crippen LogP contribution is 1.93. The van der Waals surface area contributed by atoms with Gasteiger partial charge in [0, 0.05) is 6.42 Å². The van der Waals surface area contributed by atoms with Crippen molar-refractivity contribution in [3.63, 3.8) is 0 Å². The lowest BCUT2D eigenvalue weighted by Crippen LogP contribution is -2.32. The number of hydrogen-bond donors (Lipinski definition) is 2. The number of carbonyl (C=O) groups is 1. The van der Waals surface area contributed by atoms with Gasteiger partial charge >= 0.3 is 17.5 Å². The smallest absolute Gasteiger partial charge is 0.335 e. The maximum Gasteiger partial charge on any atom is 0.335 e. The largest absolute Gasteiger partial charge is 0.617 e. The third kappa shape index (κ3) is 14.4. The third-order valence-electron chi connectivity index (χ3n) is 1.03. The summed E-state index contributed by atoms with van der Waals surface area (Å²) >= 11 is -1.70. The van der Waals surface area contributed by atoms with E-state index in [2.05, 4.69) is 0 Å². The van der Waals surface area contributed by atoms with Crippen LogP contribution >= 0.6 is 0 Å². The summed E-state index contributed by atoms with van der Waals surface area (Å²) in [5, 5.41) is 8.27. The predicted octanol–water partition coefficient (Wildman–Crippen LogP) is -1.50. The summed E-state index contributed by atoms with van der Waals surface area (Å²) in [6.07, 6.45) is 1.80. The van der Waals surface area contributed by atoms with Gasteiger partial charge in [-0.25, -0.2) is 0 Å². The van der Waals surface area contributed by atoms with Crippen molar-refractivity contribution >= 4 is 28.7 Å². The van der Waals surface area contributed by atoms with Crippen LogP contribution in [-0.2, 0) is 27.5 Å². The lowest BCUT2D eigenvalue weighted by atomic mass is 10.2. The first-order valence-corrected chi connectivity index (χ1v) is 5.55. The Morgan fingerprint density at radius 2 is 2.08 bits per heavy atom. The summed E-state index contributed by atoms with van der Waals surface area (Å²) in [5.41, 5.74) is 5.13. The summed E-state index contributed by atoms with van der Waals surface area (Å²) in [5.74, 6) is -0.682. The van der Waals surface area contributed by atoms with Crippen molar-refractivity contribution in [1.82, 2.24) is 0 Å². The highest BCUT2D eigenvalue weighted by atomic mass is 32.2. The van der Waals surface area contributed by atoms with Gasteiger partial charge in [0.05, 0.1) is 6.26 Å². The normalized spacial score (nSPS) is 13.5. The molecule has 0 saturated heterocycles. The predicted molar refractivity (Wildman–Crippen MR) is 48.1 cm³/mol. The summed E-state index contributed by atoms with van der Waals surface area (Å²) in [6.45, 7) is 0. The first-order valence-electron chi connectivity index (χ1n) is 3.15. The van der Waals surface area contributed by atoms with E-state index in [-0.39, 0.29) is 6.42 Å². The topological polar surface area (TPSA) is 121 Å². The minimum Gasteiger partial charge on any atom is -0.617 e. The van der Waals surface area contributed by atoms with Crippen molar-refractivity contribution in [2.45, 2.75) is 12.5 Å². The van der Waals surface area contributed by atoms with E-state index in [1.165, 1.54) is 6.26 Å². The molecule has 0 bridgehead atoms. The van der Waals surface area contributed by atoms with E-state index in [4.69, 9.17) is 19.3 Å². The van der Waals surface area contributed by atoms with Crippen molar-refractivity contribution in [3.8, 4) is 0 Å². The minimum absolute atomic E-state index is 0.276. The molecular formula is C5H11NO5S2. The number of hydrogen-bond acceptors (Lipinski definition) is 5. The van der Waals surface area contributed by atoms with Crippen LogP contribution < -0.4 is 5.73 Å². The quantitative estimate of drug-likeness (QED) is 0.566. The van der Waals surface area contributed by atoms with Gasteiger partial charge < -0.3 is 15.4 Å². The van der Waals surface area contributed by atoms with E-state index in [1.807, 2.05) is 0 Å². The van der Waals surface area contributed by atoms with Crippen molar-refractivity contribution in [3.05, 3.63) is 0 Å². The number of rotatable bonds is 4. The first kappa shape index (κ1) is 15.1. The molecule has 0 aromatic rings. The van der Waals surface area contributed by atoms with Gasteiger partial charge in [-0.2, -0.15) is 8.42 Å². The molecule has 0 aromatic carbocycles. The summed E-state index contributed by atoms with van der Waals surface area (Å²) in [6, 6.07) is -0.871. The van der Waals surface area contributed by atoms with Crippen LogP contribution in [0.25, 0.3) is 0 Å². The van der Waals surface area contributed by atoms with E-state index in [9.17, 15) is 9.35 Å². The lowest BCUT2D eigenvalue weighted by Gasteiger charge is -2.06. The summed E-state index contributed by atoms with van der Waals surface area (Å²) in [7, 11) is 0. The van der Waals surface area contributed by atoms with Crippen LogP contribution in [0.15, 0.2) is 0 Å². The Kier molecular flexibility index (Phi) is 11.2. The highest BCUT2D eigenvalue weighted by molar-refractivity contribution is 7.90. The van der Waals surface area contributed by atoms with Crippen LogP contribution in [0.5, 0.6) is 0 Å². The molecule has 78 valence electrons. The molecule has 0 aromatic heterocycles. The van der Waals surface area contributed by atoms with E-state index in [0.29, 0.717) is 5.75 Å². The van der Waals surface area contributed by atoms with Gasteiger partial charge in [0.1, 0.15) is 11.8 Å². The average Bonchev–Trinajstić information content (AvgIpc) is 2.01. The molecule has 0 amide bonds. The molecule has 0 spiro atoms. The second kappa shape index (κ2) is 9.65. The van der Waals surface area contributed by atoms with Gasteiger partial charge in [0.25, 0.3) is 0 Å². The molecule has 2 atom stereocenters. The molecule has 0 aliphatic carbocycles. The van der Waals surface area contributed by atoms with E-state index in [1.54, 1.807) is 0 Å². The molecule has 0 aliphatic rings. The SMILES string of the molecule is C[S+]([O-])CC[C@H](N)C(=O)O.O=S=O. The Labute approximate surface area is 82.3 Å². The van der Waals surface area contributed by atoms with Crippen LogP contribution in [0.3, 0.4) is 0 Å². The fourth-order valence-electron chi connectivity index (χ4n) is 0.416.